The van der Waals surface area contributed by atoms with Gasteiger partial charge in [-0.1, -0.05) is 6.07 Å². The SMILES string of the molecule is C[C@@H](NC(=O)[C@H](C)S(C)(=O)=O)c1cccs1. The molecule has 2 atom stereocenters. The van der Waals surface area contributed by atoms with Gasteiger partial charge in [0.2, 0.25) is 5.91 Å². The van der Waals surface area contributed by atoms with E-state index < -0.39 is 21.0 Å². The molecule has 1 aromatic heterocycles. The molecule has 0 radical (unpaired) electrons. The van der Waals surface area contributed by atoms with Gasteiger partial charge in [-0.2, -0.15) is 0 Å². The molecule has 16 heavy (non-hydrogen) atoms. The largest absolute Gasteiger partial charge is 0.348 e. The molecule has 0 saturated carbocycles. The van der Waals surface area contributed by atoms with Gasteiger partial charge in [0.25, 0.3) is 0 Å². The minimum absolute atomic E-state index is 0.156. The van der Waals surface area contributed by atoms with E-state index in [1.54, 1.807) is 0 Å². The van der Waals surface area contributed by atoms with E-state index in [4.69, 9.17) is 0 Å². The third-order valence-corrected chi connectivity index (χ3v) is 4.89. The molecule has 1 heterocycles. The van der Waals surface area contributed by atoms with E-state index in [-0.39, 0.29) is 6.04 Å². The zero-order chi connectivity index (χ0) is 12.3. The lowest BCUT2D eigenvalue weighted by atomic mass is 10.2. The normalized spacial score (nSPS) is 15.4. The van der Waals surface area contributed by atoms with Crippen LogP contribution in [0.5, 0.6) is 0 Å². The van der Waals surface area contributed by atoms with Crippen LogP contribution in [0.25, 0.3) is 0 Å². The molecule has 0 fully saturated rings. The Morgan fingerprint density at radius 3 is 2.50 bits per heavy atom. The highest BCUT2D eigenvalue weighted by Gasteiger charge is 2.24. The van der Waals surface area contributed by atoms with Crippen molar-refractivity contribution in [2.45, 2.75) is 25.1 Å². The van der Waals surface area contributed by atoms with Crippen molar-refractivity contribution in [3.63, 3.8) is 0 Å². The Morgan fingerprint density at radius 2 is 2.06 bits per heavy atom. The Balaban J connectivity index is 2.66. The van der Waals surface area contributed by atoms with E-state index in [9.17, 15) is 13.2 Å². The van der Waals surface area contributed by atoms with Crippen LogP contribution in [0.3, 0.4) is 0 Å². The molecule has 0 aliphatic rings. The summed E-state index contributed by atoms with van der Waals surface area (Å²) >= 11 is 1.53. The van der Waals surface area contributed by atoms with Crippen molar-refractivity contribution in [2.75, 3.05) is 6.26 Å². The van der Waals surface area contributed by atoms with Crippen molar-refractivity contribution in [2.24, 2.45) is 0 Å². The molecule has 0 aromatic carbocycles. The van der Waals surface area contributed by atoms with Crippen LogP contribution in [0.4, 0.5) is 0 Å². The van der Waals surface area contributed by atoms with Gasteiger partial charge in [-0.25, -0.2) is 8.42 Å². The number of carbonyl (C=O) groups excluding carboxylic acids is 1. The molecule has 0 spiro atoms. The molecular formula is C10H15NO3S2. The molecule has 6 heteroatoms. The Kier molecular flexibility index (Phi) is 4.09. The van der Waals surface area contributed by atoms with Gasteiger partial charge in [-0.15, -0.1) is 11.3 Å². The van der Waals surface area contributed by atoms with Gasteiger partial charge in [0.1, 0.15) is 5.25 Å². The average molecular weight is 261 g/mol. The monoisotopic (exact) mass is 261 g/mol. The summed E-state index contributed by atoms with van der Waals surface area (Å²) in [4.78, 5) is 12.6. The predicted molar refractivity (Wildman–Crippen MR) is 65.2 cm³/mol. The van der Waals surface area contributed by atoms with Gasteiger partial charge < -0.3 is 5.32 Å². The minimum atomic E-state index is -3.33. The first-order valence-corrected chi connectivity index (χ1v) is 7.68. The zero-order valence-corrected chi connectivity index (χ0v) is 11.1. The summed E-state index contributed by atoms with van der Waals surface area (Å²) in [7, 11) is -3.33. The number of nitrogens with one attached hydrogen (secondary N) is 1. The Labute approximate surface area is 99.6 Å². The fourth-order valence-corrected chi connectivity index (χ4v) is 2.33. The van der Waals surface area contributed by atoms with Crippen molar-refractivity contribution in [3.8, 4) is 0 Å². The van der Waals surface area contributed by atoms with Gasteiger partial charge in [-0.3, -0.25) is 4.79 Å². The van der Waals surface area contributed by atoms with Gasteiger partial charge in [0, 0.05) is 11.1 Å². The standard InChI is InChI=1S/C10H15NO3S2/c1-7(9-5-4-6-15-9)11-10(12)8(2)16(3,13)14/h4-8H,1-3H3,(H,11,12)/t7-,8+/m1/s1. The smallest absolute Gasteiger partial charge is 0.238 e. The zero-order valence-electron chi connectivity index (χ0n) is 9.43. The van der Waals surface area contributed by atoms with E-state index in [1.165, 1.54) is 18.3 Å². The van der Waals surface area contributed by atoms with Crippen molar-refractivity contribution >= 4 is 27.1 Å². The number of hydrogen-bond acceptors (Lipinski definition) is 4. The first-order valence-electron chi connectivity index (χ1n) is 4.85. The molecule has 0 unspecified atom stereocenters. The lowest BCUT2D eigenvalue weighted by Crippen LogP contribution is -2.38. The summed E-state index contributed by atoms with van der Waals surface area (Å²) in [6.45, 7) is 3.23. The fraction of sp³-hybridized carbons (Fsp3) is 0.500. The molecule has 0 aliphatic heterocycles. The number of hydrogen-bond donors (Lipinski definition) is 1. The Morgan fingerprint density at radius 1 is 1.44 bits per heavy atom. The molecular weight excluding hydrogens is 246 g/mol. The Hall–Kier alpha value is -0.880. The van der Waals surface area contributed by atoms with Crippen molar-refractivity contribution in [3.05, 3.63) is 22.4 Å². The summed E-state index contributed by atoms with van der Waals surface area (Å²) in [6, 6.07) is 3.64. The molecule has 1 aromatic rings. The van der Waals surface area contributed by atoms with Crippen molar-refractivity contribution < 1.29 is 13.2 Å². The van der Waals surface area contributed by atoms with Gasteiger partial charge in [-0.05, 0) is 25.3 Å². The highest BCUT2D eigenvalue weighted by atomic mass is 32.2. The molecule has 1 amide bonds. The number of rotatable bonds is 4. The molecule has 1 N–H and O–H groups in total. The third-order valence-electron chi connectivity index (χ3n) is 2.34. The summed E-state index contributed by atoms with van der Waals surface area (Å²) in [6.07, 6.45) is 1.06. The van der Waals surface area contributed by atoms with Gasteiger partial charge in [0.15, 0.2) is 9.84 Å². The lowest BCUT2D eigenvalue weighted by Gasteiger charge is -2.15. The number of amides is 1. The van der Waals surface area contributed by atoms with Crippen LogP contribution < -0.4 is 5.32 Å². The van der Waals surface area contributed by atoms with Crippen LogP contribution in [-0.2, 0) is 14.6 Å². The maximum Gasteiger partial charge on any atom is 0.238 e. The first kappa shape index (κ1) is 13.2. The van der Waals surface area contributed by atoms with E-state index in [1.807, 2.05) is 24.4 Å². The first-order chi connectivity index (χ1) is 7.32. The second kappa shape index (κ2) is 4.97. The van der Waals surface area contributed by atoms with Crippen LogP contribution in [0.2, 0.25) is 0 Å². The molecule has 1 rings (SSSR count). The topological polar surface area (TPSA) is 63.2 Å². The molecule has 0 saturated heterocycles. The summed E-state index contributed by atoms with van der Waals surface area (Å²) < 4.78 is 22.4. The van der Waals surface area contributed by atoms with Crippen molar-refractivity contribution in [1.82, 2.24) is 5.32 Å². The number of carbonyl (C=O) groups is 1. The lowest BCUT2D eigenvalue weighted by molar-refractivity contribution is -0.121. The maximum absolute atomic E-state index is 11.6. The van der Waals surface area contributed by atoms with E-state index in [0.717, 1.165) is 11.1 Å². The van der Waals surface area contributed by atoms with Crippen LogP contribution in [-0.4, -0.2) is 25.8 Å². The highest BCUT2D eigenvalue weighted by molar-refractivity contribution is 7.92. The molecule has 0 aliphatic carbocycles. The van der Waals surface area contributed by atoms with E-state index in [2.05, 4.69) is 5.32 Å². The predicted octanol–water partition coefficient (Wildman–Crippen LogP) is 1.36. The van der Waals surface area contributed by atoms with Crippen LogP contribution in [0.15, 0.2) is 17.5 Å². The number of sulfone groups is 1. The highest BCUT2D eigenvalue weighted by Crippen LogP contribution is 2.18. The average Bonchev–Trinajstić information content (AvgIpc) is 2.67. The molecule has 0 bridgehead atoms. The fourth-order valence-electron chi connectivity index (χ4n) is 1.13. The third kappa shape index (κ3) is 3.31. The number of thiophene rings is 1. The summed E-state index contributed by atoms with van der Waals surface area (Å²) in [5, 5.41) is 3.59. The molecule has 90 valence electrons. The summed E-state index contributed by atoms with van der Waals surface area (Å²) in [5.41, 5.74) is 0. The van der Waals surface area contributed by atoms with Crippen molar-refractivity contribution in [1.29, 1.82) is 0 Å². The van der Waals surface area contributed by atoms with Crippen LogP contribution in [0, 0.1) is 0 Å². The van der Waals surface area contributed by atoms with Gasteiger partial charge >= 0.3 is 0 Å². The van der Waals surface area contributed by atoms with E-state index >= 15 is 0 Å². The minimum Gasteiger partial charge on any atom is -0.348 e. The second-order valence-electron chi connectivity index (χ2n) is 3.72. The Bertz CT molecular complexity index is 450. The van der Waals surface area contributed by atoms with E-state index in [0.29, 0.717) is 0 Å². The van der Waals surface area contributed by atoms with Crippen LogP contribution >= 0.6 is 11.3 Å². The second-order valence-corrected chi connectivity index (χ2v) is 7.06. The summed E-state index contributed by atoms with van der Waals surface area (Å²) in [5.74, 6) is -0.455. The van der Waals surface area contributed by atoms with Gasteiger partial charge in [0.05, 0.1) is 6.04 Å². The molecule has 4 nitrogen and oxygen atoms in total. The van der Waals surface area contributed by atoms with Crippen LogP contribution in [0.1, 0.15) is 24.8 Å². The quantitative estimate of drug-likeness (QED) is 0.890. The maximum atomic E-state index is 11.6.